The number of rotatable bonds is 8. The third-order valence-electron chi connectivity index (χ3n) is 4.63. The highest BCUT2D eigenvalue weighted by atomic mass is 32.2. The van der Waals surface area contributed by atoms with Gasteiger partial charge in [0.2, 0.25) is 11.9 Å². The molecule has 2 heterocycles. The first-order chi connectivity index (χ1) is 14.8. The second kappa shape index (κ2) is 10.2. The maximum atomic E-state index is 13.2. The lowest BCUT2D eigenvalue weighted by atomic mass is 10.2. The molecule has 1 aliphatic rings. The van der Waals surface area contributed by atoms with Crippen molar-refractivity contribution in [1.82, 2.24) is 19.7 Å². The van der Waals surface area contributed by atoms with Gasteiger partial charge in [0.05, 0.1) is 26.1 Å². The molecule has 170 valence electrons. The van der Waals surface area contributed by atoms with Crippen molar-refractivity contribution >= 4 is 23.6 Å². The van der Waals surface area contributed by atoms with Crippen LogP contribution in [0.5, 0.6) is 5.75 Å². The van der Waals surface area contributed by atoms with Crippen LogP contribution in [0.3, 0.4) is 0 Å². The van der Waals surface area contributed by atoms with E-state index in [0.717, 1.165) is 21.9 Å². The molecule has 1 aromatic heterocycles. The van der Waals surface area contributed by atoms with Crippen LogP contribution in [0.4, 0.5) is 19.1 Å². The first kappa shape index (κ1) is 23.2. The minimum absolute atomic E-state index is 0.0560. The van der Waals surface area contributed by atoms with Crippen LogP contribution in [-0.4, -0.2) is 78.0 Å². The normalized spacial score (nSPS) is 14.5. The average Bonchev–Trinajstić information content (AvgIpc) is 3.13. The smallest absolute Gasteiger partial charge is 0.406 e. The fourth-order valence-electron chi connectivity index (χ4n) is 3.07. The number of aromatic nitrogens is 3. The quantitative estimate of drug-likeness (QED) is 0.562. The number of carbonyl (C=O) groups excluding carboxylic acids is 1. The van der Waals surface area contributed by atoms with Gasteiger partial charge < -0.3 is 19.3 Å². The topological polar surface area (TPSA) is 72.7 Å². The van der Waals surface area contributed by atoms with Gasteiger partial charge in [-0.15, -0.1) is 10.2 Å². The van der Waals surface area contributed by atoms with E-state index >= 15 is 0 Å². The summed E-state index contributed by atoms with van der Waals surface area (Å²) >= 11 is 0.943. The SMILES string of the molecule is COc1cccc(CN(C)C(=O)CSc2nnc(N3CCOCC3)n2CC(F)(F)F)c1. The Bertz CT molecular complexity index is 887. The third kappa shape index (κ3) is 6.50. The van der Waals surface area contributed by atoms with Crippen LogP contribution in [0.1, 0.15) is 5.56 Å². The lowest BCUT2D eigenvalue weighted by Crippen LogP contribution is -2.38. The Morgan fingerprint density at radius 1 is 1.29 bits per heavy atom. The van der Waals surface area contributed by atoms with E-state index in [2.05, 4.69) is 10.2 Å². The van der Waals surface area contributed by atoms with Gasteiger partial charge in [0, 0.05) is 26.7 Å². The summed E-state index contributed by atoms with van der Waals surface area (Å²) in [6.45, 7) is 0.823. The molecule has 0 N–H and O–H groups in total. The van der Waals surface area contributed by atoms with Crippen LogP contribution in [0.15, 0.2) is 29.4 Å². The zero-order chi connectivity index (χ0) is 22.4. The molecule has 2 aromatic rings. The molecule has 0 atom stereocenters. The summed E-state index contributed by atoms with van der Waals surface area (Å²) in [5, 5.41) is 7.93. The van der Waals surface area contributed by atoms with E-state index < -0.39 is 12.7 Å². The molecule has 0 radical (unpaired) electrons. The molecule has 0 bridgehead atoms. The zero-order valence-corrected chi connectivity index (χ0v) is 18.1. The van der Waals surface area contributed by atoms with Crippen molar-refractivity contribution in [2.24, 2.45) is 0 Å². The number of alkyl halides is 3. The van der Waals surface area contributed by atoms with Crippen LogP contribution in [0.2, 0.25) is 0 Å². The molecule has 31 heavy (non-hydrogen) atoms. The number of anilines is 1. The van der Waals surface area contributed by atoms with Gasteiger partial charge in [-0.2, -0.15) is 13.2 Å². The molecule has 1 fully saturated rings. The number of benzene rings is 1. The number of halogens is 3. The summed E-state index contributed by atoms with van der Waals surface area (Å²) in [4.78, 5) is 15.8. The highest BCUT2D eigenvalue weighted by Crippen LogP contribution is 2.28. The maximum Gasteiger partial charge on any atom is 0.406 e. The number of hydrogen-bond acceptors (Lipinski definition) is 7. The summed E-state index contributed by atoms with van der Waals surface area (Å²) < 4.78 is 50.9. The van der Waals surface area contributed by atoms with E-state index in [-0.39, 0.29) is 22.8 Å². The standard InChI is InChI=1S/C19H24F3N5O3S/c1-25(11-14-4-3-5-15(10-14)29-2)16(28)12-31-18-24-23-17(26-6-8-30-9-7-26)27(18)13-19(20,21)22/h3-5,10H,6-9,11-13H2,1-2H3. The van der Waals surface area contributed by atoms with Crippen molar-refractivity contribution in [2.75, 3.05) is 51.1 Å². The Hall–Kier alpha value is -2.47. The molecule has 3 rings (SSSR count). The van der Waals surface area contributed by atoms with Crippen LogP contribution < -0.4 is 9.64 Å². The minimum atomic E-state index is -4.44. The molecule has 1 aliphatic heterocycles. The van der Waals surface area contributed by atoms with Crippen molar-refractivity contribution in [2.45, 2.75) is 24.4 Å². The number of carbonyl (C=O) groups is 1. The van der Waals surface area contributed by atoms with Crippen molar-refractivity contribution in [3.05, 3.63) is 29.8 Å². The lowest BCUT2D eigenvalue weighted by molar-refractivity contribution is -0.141. The zero-order valence-electron chi connectivity index (χ0n) is 17.3. The Morgan fingerprint density at radius 2 is 2.03 bits per heavy atom. The Balaban J connectivity index is 1.66. The average molecular weight is 459 g/mol. The minimum Gasteiger partial charge on any atom is -0.497 e. The second-order valence-electron chi connectivity index (χ2n) is 6.97. The maximum absolute atomic E-state index is 13.2. The Morgan fingerprint density at radius 3 is 2.71 bits per heavy atom. The fraction of sp³-hybridized carbons (Fsp3) is 0.526. The summed E-state index contributed by atoms with van der Waals surface area (Å²) in [6, 6.07) is 7.33. The van der Waals surface area contributed by atoms with Gasteiger partial charge in [-0.1, -0.05) is 23.9 Å². The third-order valence-corrected chi connectivity index (χ3v) is 5.58. The van der Waals surface area contributed by atoms with E-state index in [0.29, 0.717) is 38.6 Å². The summed E-state index contributed by atoms with van der Waals surface area (Å²) in [7, 11) is 3.20. The molecule has 0 saturated carbocycles. The largest absolute Gasteiger partial charge is 0.497 e. The predicted octanol–water partition coefficient (Wildman–Crippen LogP) is 2.44. The van der Waals surface area contributed by atoms with Gasteiger partial charge in [-0.25, -0.2) is 0 Å². The molecule has 0 aliphatic carbocycles. The molecule has 1 aromatic carbocycles. The van der Waals surface area contributed by atoms with E-state index in [1.54, 1.807) is 25.1 Å². The van der Waals surface area contributed by atoms with E-state index in [1.807, 2.05) is 18.2 Å². The van der Waals surface area contributed by atoms with Crippen molar-refractivity contribution in [1.29, 1.82) is 0 Å². The van der Waals surface area contributed by atoms with E-state index in [9.17, 15) is 18.0 Å². The van der Waals surface area contributed by atoms with Crippen LogP contribution >= 0.6 is 11.8 Å². The fourth-order valence-corrected chi connectivity index (χ4v) is 3.95. The number of hydrogen-bond donors (Lipinski definition) is 0. The van der Waals surface area contributed by atoms with Crippen molar-refractivity contribution in [3.63, 3.8) is 0 Å². The molecule has 12 heteroatoms. The second-order valence-corrected chi connectivity index (χ2v) is 7.92. The highest BCUT2D eigenvalue weighted by molar-refractivity contribution is 7.99. The van der Waals surface area contributed by atoms with Crippen LogP contribution in [-0.2, 0) is 22.6 Å². The van der Waals surface area contributed by atoms with Gasteiger partial charge >= 0.3 is 6.18 Å². The molecule has 8 nitrogen and oxygen atoms in total. The number of thioether (sulfide) groups is 1. The monoisotopic (exact) mass is 459 g/mol. The summed E-state index contributed by atoms with van der Waals surface area (Å²) in [6.07, 6.45) is -4.44. The first-order valence-corrected chi connectivity index (χ1v) is 10.6. The van der Waals surface area contributed by atoms with Crippen molar-refractivity contribution in [3.8, 4) is 5.75 Å². The predicted molar refractivity (Wildman–Crippen MR) is 109 cm³/mol. The Labute approximate surface area is 182 Å². The first-order valence-electron chi connectivity index (χ1n) is 9.59. The van der Waals surface area contributed by atoms with Gasteiger partial charge in [0.25, 0.3) is 0 Å². The summed E-state index contributed by atoms with van der Waals surface area (Å²) in [5.74, 6) is 0.533. The summed E-state index contributed by atoms with van der Waals surface area (Å²) in [5.41, 5.74) is 0.884. The van der Waals surface area contributed by atoms with Gasteiger partial charge in [-0.3, -0.25) is 9.36 Å². The van der Waals surface area contributed by atoms with Gasteiger partial charge in [0.1, 0.15) is 12.3 Å². The van der Waals surface area contributed by atoms with E-state index in [1.165, 1.54) is 4.90 Å². The molecule has 0 unspecified atom stereocenters. The Kier molecular flexibility index (Phi) is 7.65. The lowest BCUT2D eigenvalue weighted by Gasteiger charge is -2.28. The van der Waals surface area contributed by atoms with Crippen LogP contribution in [0, 0.1) is 0 Å². The van der Waals surface area contributed by atoms with E-state index in [4.69, 9.17) is 9.47 Å². The number of morpholine rings is 1. The van der Waals surface area contributed by atoms with Gasteiger partial charge in [0.15, 0.2) is 5.16 Å². The molecule has 1 saturated heterocycles. The number of nitrogens with zero attached hydrogens (tertiary/aromatic N) is 5. The highest BCUT2D eigenvalue weighted by Gasteiger charge is 2.33. The van der Waals surface area contributed by atoms with Gasteiger partial charge in [-0.05, 0) is 17.7 Å². The molecular formula is C19H24F3N5O3S. The molecule has 0 spiro atoms. The van der Waals surface area contributed by atoms with Crippen molar-refractivity contribution < 1.29 is 27.4 Å². The molecule has 1 amide bonds. The van der Waals surface area contributed by atoms with Crippen LogP contribution in [0.25, 0.3) is 0 Å². The number of methoxy groups -OCH3 is 1. The molecular weight excluding hydrogens is 435 g/mol. The number of amides is 1. The number of ether oxygens (including phenoxy) is 2.